The van der Waals surface area contributed by atoms with Gasteiger partial charge in [-0.2, -0.15) is 0 Å². The first kappa shape index (κ1) is 13.8. The van der Waals surface area contributed by atoms with Crippen molar-refractivity contribution in [1.82, 2.24) is 0 Å². The summed E-state index contributed by atoms with van der Waals surface area (Å²) in [6.07, 6.45) is 9.44. The van der Waals surface area contributed by atoms with Gasteiger partial charge in [0, 0.05) is 18.9 Å². The number of carbonyl (C=O) groups excluding carboxylic acids is 1. The summed E-state index contributed by atoms with van der Waals surface area (Å²) in [5.41, 5.74) is 0. The lowest BCUT2D eigenvalue weighted by Gasteiger charge is -2.23. The lowest BCUT2D eigenvalue weighted by molar-refractivity contribution is -0.125. The number of rotatable bonds is 7. The highest BCUT2D eigenvalue weighted by Crippen LogP contribution is 2.48. The van der Waals surface area contributed by atoms with Crippen molar-refractivity contribution in [2.75, 3.05) is 6.61 Å². The first-order valence-electron chi connectivity index (χ1n) is 7.45. The Bertz CT molecular complexity index is 321. The summed E-state index contributed by atoms with van der Waals surface area (Å²) in [5.74, 6) is 3.08. The molecule has 1 fully saturated rings. The molecule has 5 unspecified atom stereocenters. The van der Waals surface area contributed by atoms with Crippen LogP contribution < -0.4 is 0 Å². The van der Waals surface area contributed by atoms with Crippen molar-refractivity contribution in [3.05, 3.63) is 12.2 Å². The second kappa shape index (κ2) is 6.01. The van der Waals surface area contributed by atoms with Crippen molar-refractivity contribution in [1.29, 1.82) is 0 Å². The molecule has 0 saturated heterocycles. The quantitative estimate of drug-likeness (QED) is 0.704. The SMILES string of the molecule is CC(CCO)CCCC(=O)C1C2C=CC(C2)C1C. The van der Waals surface area contributed by atoms with Gasteiger partial charge in [-0.25, -0.2) is 0 Å². The second-order valence-electron chi connectivity index (χ2n) is 6.31. The Morgan fingerprint density at radius 3 is 2.67 bits per heavy atom. The highest BCUT2D eigenvalue weighted by Gasteiger charge is 2.44. The lowest BCUT2D eigenvalue weighted by Crippen LogP contribution is -2.25. The van der Waals surface area contributed by atoms with E-state index in [4.69, 9.17) is 5.11 Å². The zero-order chi connectivity index (χ0) is 13.1. The molecule has 0 aliphatic heterocycles. The summed E-state index contributed by atoms with van der Waals surface area (Å²) in [4.78, 5) is 12.3. The molecule has 0 spiro atoms. The lowest BCUT2D eigenvalue weighted by atomic mass is 9.80. The van der Waals surface area contributed by atoms with Gasteiger partial charge in [-0.3, -0.25) is 4.79 Å². The molecule has 1 saturated carbocycles. The average Bonchev–Trinajstić information content (AvgIpc) is 2.89. The number of hydrogen-bond donors (Lipinski definition) is 1. The summed E-state index contributed by atoms with van der Waals surface area (Å²) < 4.78 is 0. The third-order valence-electron chi connectivity index (χ3n) is 4.97. The Hall–Kier alpha value is -0.630. The molecule has 0 aromatic rings. The number of hydrogen-bond acceptors (Lipinski definition) is 2. The number of aliphatic hydroxyl groups is 1. The number of fused-ring (bicyclic) bond motifs is 2. The van der Waals surface area contributed by atoms with E-state index in [0.717, 1.165) is 25.7 Å². The van der Waals surface area contributed by atoms with Crippen molar-refractivity contribution >= 4 is 5.78 Å². The van der Waals surface area contributed by atoms with Crippen LogP contribution in [0.4, 0.5) is 0 Å². The third kappa shape index (κ3) is 2.85. The van der Waals surface area contributed by atoms with Crippen LogP contribution in [0, 0.1) is 29.6 Å². The molecule has 18 heavy (non-hydrogen) atoms. The van der Waals surface area contributed by atoms with Crippen LogP contribution in [0.15, 0.2) is 12.2 Å². The maximum absolute atomic E-state index is 12.3. The van der Waals surface area contributed by atoms with Crippen LogP contribution in [0.25, 0.3) is 0 Å². The van der Waals surface area contributed by atoms with Gasteiger partial charge in [-0.15, -0.1) is 0 Å². The molecule has 2 bridgehead atoms. The van der Waals surface area contributed by atoms with Crippen molar-refractivity contribution in [2.45, 2.75) is 46.0 Å². The third-order valence-corrected chi connectivity index (χ3v) is 4.97. The van der Waals surface area contributed by atoms with Gasteiger partial charge < -0.3 is 5.11 Å². The van der Waals surface area contributed by atoms with Crippen LogP contribution >= 0.6 is 0 Å². The monoisotopic (exact) mass is 250 g/mol. The fraction of sp³-hybridized carbons (Fsp3) is 0.812. The van der Waals surface area contributed by atoms with E-state index in [1.54, 1.807) is 0 Å². The molecule has 2 aliphatic rings. The van der Waals surface area contributed by atoms with Gasteiger partial charge in [0.05, 0.1) is 0 Å². The first-order valence-corrected chi connectivity index (χ1v) is 7.45. The van der Waals surface area contributed by atoms with E-state index in [0.29, 0.717) is 35.4 Å². The Balaban J connectivity index is 1.74. The number of allylic oxidation sites excluding steroid dienone is 2. The molecule has 0 amide bonds. The smallest absolute Gasteiger partial charge is 0.136 e. The number of carbonyl (C=O) groups is 1. The molecule has 5 atom stereocenters. The summed E-state index contributed by atoms with van der Waals surface area (Å²) >= 11 is 0. The topological polar surface area (TPSA) is 37.3 Å². The second-order valence-corrected chi connectivity index (χ2v) is 6.31. The Labute approximate surface area is 110 Å². The largest absolute Gasteiger partial charge is 0.396 e. The van der Waals surface area contributed by atoms with Gasteiger partial charge >= 0.3 is 0 Å². The standard InChI is InChI=1S/C16H26O2/c1-11(8-9-17)4-3-5-15(18)16-12(2)13-6-7-14(16)10-13/h6-7,11-14,16-17H,3-5,8-10H2,1-2H3. The molecule has 0 aromatic carbocycles. The predicted molar refractivity (Wildman–Crippen MR) is 73.1 cm³/mol. The summed E-state index contributed by atoms with van der Waals surface area (Å²) in [6.45, 7) is 4.66. The zero-order valence-corrected chi connectivity index (χ0v) is 11.6. The Kier molecular flexibility index (Phi) is 4.60. The maximum atomic E-state index is 12.3. The van der Waals surface area contributed by atoms with E-state index in [9.17, 15) is 4.79 Å². The predicted octanol–water partition coefficient (Wildman–Crippen LogP) is 3.20. The van der Waals surface area contributed by atoms with E-state index in [-0.39, 0.29) is 6.61 Å². The number of aliphatic hydroxyl groups excluding tert-OH is 1. The minimum Gasteiger partial charge on any atom is -0.396 e. The Morgan fingerprint density at radius 2 is 2.06 bits per heavy atom. The van der Waals surface area contributed by atoms with E-state index < -0.39 is 0 Å². The molecule has 2 aliphatic carbocycles. The van der Waals surface area contributed by atoms with Crippen LogP contribution in [-0.4, -0.2) is 17.5 Å². The highest BCUT2D eigenvalue weighted by molar-refractivity contribution is 5.82. The molecule has 2 rings (SSSR count). The van der Waals surface area contributed by atoms with Crippen molar-refractivity contribution < 1.29 is 9.90 Å². The van der Waals surface area contributed by atoms with Crippen molar-refractivity contribution in [2.24, 2.45) is 29.6 Å². The highest BCUT2D eigenvalue weighted by atomic mass is 16.3. The van der Waals surface area contributed by atoms with E-state index in [1.807, 2.05) is 0 Å². The fourth-order valence-corrected chi connectivity index (χ4v) is 3.76. The number of ketones is 1. The van der Waals surface area contributed by atoms with E-state index in [2.05, 4.69) is 26.0 Å². The molecule has 2 heteroatoms. The molecule has 0 aromatic heterocycles. The van der Waals surface area contributed by atoms with Crippen LogP contribution in [-0.2, 0) is 4.79 Å². The number of Topliss-reactive ketones (excluding diaryl/α,β-unsaturated/α-hetero) is 1. The normalized spacial score (nSPS) is 35.1. The van der Waals surface area contributed by atoms with Crippen LogP contribution in [0.5, 0.6) is 0 Å². The van der Waals surface area contributed by atoms with Crippen LogP contribution in [0.3, 0.4) is 0 Å². The Morgan fingerprint density at radius 1 is 1.33 bits per heavy atom. The van der Waals surface area contributed by atoms with Gasteiger partial charge in [0.1, 0.15) is 5.78 Å². The minimum atomic E-state index is 0.267. The summed E-state index contributed by atoms with van der Waals surface area (Å²) in [7, 11) is 0. The van der Waals surface area contributed by atoms with Crippen LogP contribution in [0.1, 0.15) is 46.0 Å². The molecular weight excluding hydrogens is 224 g/mol. The van der Waals surface area contributed by atoms with E-state index >= 15 is 0 Å². The van der Waals surface area contributed by atoms with Crippen LogP contribution in [0.2, 0.25) is 0 Å². The first-order chi connectivity index (χ1) is 8.63. The van der Waals surface area contributed by atoms with Gasteiger partial charge in [0.25, 0.3) is 0 Å². The zero-order valence-electron chi connectivity index (χ0n) is 11.6. The fourth-order valence-electron chi connectivity index (χ4n) is 3.76. The molecule has 0 radical (unpaired) electrons. The molecular formula is C16H26O2. The summed E-state index contributed by atoms with van der Waals surface area (Å²) in [5, 5.41) is 8.85. The van der Waals surface area contributed by atoms with Crippen molar-refractivity contribution in [3.63, 3.8) is 0 Å². The minimum absolute atomic E-state index is 0.267. The van der Waals surface area contributed by atoms with Crippen molar-refractivity contribution in [3.8, 4) is 0 Å². The molecule has 2 nitrogen and oxygen atoms in total. The molecule has 0 heterocycles. The molecule has 1 N–H and O–H groups in total. The van der Waals surface area contributed by atoms with Gasteiger partial charge in [0.15, 0.2) is 0 Å². The van der Waals surface area contributed by atoms with Gasteiger partial charge in [-0.05, 0) is 42.9 Å². The van der Waals surface area contributed by atoms with Gasteiger partial charge in [-0.1, -0.05) is 32.4 Å². The maximum Gasteiger partial charge on any atom is 0.136 e. The average molecular weight is 250 g/mol. The summed E-state index contributed by atoms with van der Waals surface area (Å²) in [6, 6.07) is 0. The van der Waals surface area contributed by atoms with E-state index in [1.165, 1.54) is 6.42 Å². The van der Waals surface area contributed by atoms with Gasteiger partial charge in [0.2, 0.25) is 0 Å². The molecule has 102 valence electrons.